The Hall–Kier alpha value is -4.06. The number of imidazole rings is 1. The Morgan fingerprint density at radius 1 is 1.10 bits per heavy atom. The lowest BCUT2D eigenvalue weighted by atomic mass is 9.98. The van der Waals surface area contributed by atoms with Crippen molar-refractivity contribution in [3.05, 3.63) is 106 Å². The maximum Gasteiger partial charge on any atom is 0.301 e. The third kappa shape index (κ3) is 4.45. The van der Waals surface area contributed by atoms with Crippen LogP contribution in [0.4, 0.5) is 5.13 Å². The van der Waals surface area contributed by atoms with Crippen LogP contribution in [0.3, 0.4) is 0 Å². The summed E-state index contributed by atoms with van der Waals surface area (Å²) in [6.45, 7) is 3.72. The van der Waals surface area contributed by atoms with Crippen molar-refractivity contribution >= 4 is 62.9 Å². The molecule has 1 amide bonds. The quantitative estimate of drug-likeness (QED) is 0.0874. The number of carbonyl (C=O) groups is 2. The van der Waals surface area contributed by atoms with E-state index in [0.717, 1.165) is 11.1 Å². The van der Waals surface area contributed by atoms with Gasteiger partial charge >= 0.3 is 5.91 Å². The lowest BCUT2D eigenvalue weighted by Crippen LogP contribution is -2.29. The van der Waals surface area contributed by atoms with Crippen LogP contribution >= 0.6 is 34.7 Å². The molecular formula is C28H21ClN6O3S2. The number of Topliss-reactive ketones (excluding diaryl/α,β-unsaturated/α-hetero) is 1. The molecule has 1 aromatic carbocycles. The molecule has 1 N–H and O–H groups in total. The number of carbonyl (C=O) groups excluding carboxylic acids is 2. The standard InChI is InChI=1S/C28H21ClN6O3S2/c1-15-7-6-12-34-16(2)21(31-25(15)34)23(36)20-22(17-9-5-11-30-13-17)35(26(38)24(20)37)27-32-33-28(40-27)39-14-18-8-3-4-10-19(18)29/h3-13,22,36H,14H2,1-2H3. The number of hydrogen-bond donors (Lipinski definition) is 1. The fourth-order valence-corrected chi connectivity index (χ4v) is 6.82. The number of aromatic nitrogens is 5. The van der Waals surface area contributed by atoms with Crippen molar-refractivity contribution in [1.29, 1.82) is 0 Å². The van der Waals surface area contributed by atoms with Crippen molar-refractivity contribution in [1.82, 2.24) is 24.6 Å². The number of nitrogens with zero attached hydrogens (tertiary/aromatic N) is 6. The Kier molecular flexibility index (Phi) is 6.87. The van der Waals surface area contributed by atoms with Crippen molar-refractivity contribution in [2.75, 3.05) is 4.90 Å². The monoisotopic (exact) mass is 588 g/mol. The third-order valence-corrected chi connectivity index (χ3v) is 9.14. The van der Waals surface area contributed by atoms with E-state index in [2.05, 4.69) is 20.2 Å². The average Bonchev–Trinajstić information content (AvgIpc) is 3.64. The zero-order chi connectivity index (χ0) is 28.0. The number of fused-ring (bicyclic) bond motifs is 1. The molecule has 0 bridgehead atoms. The highest BCUT2D eigenvalue weighted by Gasteiger charge is 2.49. The van der Waals surface area contributed by atoms with Crippen LogP contribution in [0, 0.1) is 13.8 Å². The van der Waals surface area contributed by atoms with Gasteiger partial charge in [-0.05, 0) is 48.7 Å². The minimum atomic E-state index is -0.964. The Morgan fingerprint density at radius 2 is 1.93 bits per heavy atom. The van der Waals surface area contributed by atoms with Gasteiger partial charge < -0.3 is 9.51 Å². The normalized spacial score (nSPS) is 16.8. The fraction of sp³-hybridized carbons (Fsp3) is 0.143. The van der Waals surface area contributed by atoms with Gasteiger partial charge in [-0.2, -0.15) is 0 Å². The van der Waals surface area contributed by atoms with E-state index < -0.39 is 17.7 Å². The van der Waals surface area contributed by atoms with Crippen molar-refractivity contribution in [3.8, 4) is 0 Å². The van der Waals surface area contributed by atoms with E-state index in [1.165, 1.54) is 28.0 Å². The first kappa shape index (κ1) is 26.2. The summed E-state index contributed by atoms with van der Waals surface area (Å²) in [6.07, 6.45) is 4.99. The predicted molar refractivity (Wildman–Crippen MR) is 155 cm³/mol. The molecule has 5 aromatic rings. The van der Waals surface area contributed by atoms with E-state index in [4.69, 9.17) is 11.6 Å². The zero-order valence-corrected chi connectivity index (χ0v) is 23.7. The van der Waals surface area contributed by atoms with Crippen LogP contribution in [0.5, 0.6) is 0 Å². The average molecular weight is 589 g/mol. The van der Waals surface area contributed by atoms with E-state index in [9.17, 15) is 14.7 Å². The molecule has 200 valence electrons. The molecule has 1 atom stereocenters. The van der Waals surface area contributed by atoms with Gasteiger partial charge in [0, 0.05) is 29.4 Å². The maximum absolute atomic E-state index is 13.5. The summed E-state index contributed by atoms with van der Waals surface area (Å²) in [7, 11) is 0. The van der Waals surface area contributed by atoms with E-state index in [0.29, 0.717) is 32.0 Å². The summed E-state index contributed by atoms with van der Waals surface area (Å²) in [5, 5.41) is 20.9. The molecule has 0 spiro atoms. The van der Waals surface area contributed by atoms with Crippen LogP contribution in [0.25, 0.3) is 11.4 Å². The SMILES string of the molecule is Cc1cccn2c(C)c(C(O)=C3C(=O)C(=O)N(c4nnc(SCc5ccccc5Cl)s4)C3c3cccnc3)nc12. The van der Waals surface area contributed by atoms with E-state index >= 15 is 0 Å². The summed E-state index contributed by atoms with van der Waals surface area (Å²) < 4.78 is 2.45. The van der Waals surface area contributed by atoms with E-state index in [-0.39, 0.29) is 22.2 Å². The summed E-state index contributed by atoms with van der Waals surface area (Å²) in [6, 6.07) is 13.8. The van der Waals surface area contributed by atoms with Gasteiger partial charge in [0.1, 0.15) is 11.3 Å². The van der Waals surface area contributed by atoms with Gasteiger partial charge in [-0.3, -0.25) is 19.5 Å². The van der Waals surface area contributed by atoms with Crippen molar-refractivity contribution < 1.29 is 14.7 Å². The first-order valence-electron chi connectivity index (χ1n) is 12.2. The number of ketones is 1. The second-order valence-electron chi connectivity index (χ2n) is 9.12. The van der Waals surface area contributed by atoms with Crippen LogP contribution in [0.2, 0.25) is 5.02 Å². The molecule has 1 aliphatic heterocycles. The molecule has 4 aromatic heterocycles. The highest BCUT2D eigenvalue weighted by atomic mass is 35.5. The molecule has 6 rings (SSSR count). The topological polar surface area (TPSA) is 114 Å². The summed E-state index contributed by atoms with van der Waals surface area (Å²) in [4.78, 5) is 37.1. The molecule has 0 aliphatic carbocycles. The van der Waals surface area contributed by atoms with Crippen molar-refractivity contribution in [2.45, 2.75) is 30.0 Å². The van der Waals surface area contributed by atoms with Gasteiger partial charge in [0.15, 0.2) is 10.1 Å². The number of thioether (sulfide) groups is 1. The van der Waals surface area contributed by atoms with Gasteiger partial charge in [-0.1, -0.05) is 65.0 Å². The Morgan fingerprint density at radius 3 is 2.67 bits per heavy atom. The van der Waals surface area contributed by atoms with Gasteiger partial charge in [0.2, 0.25) is 5.13 Å². The molecule has 9 nitrogen and oxygen atoms in total. The van der Waals surface area contributed by atoms with Gasteiger partial charge in [-0.15, -0.1) is 10.2 Å². The predicted octanol–water partition coefficient (Wildman–Crippen LogP) is 5.77. The molecule has 5 heterocycles. The molecule has 1 aliphatic rings. The number of hydrogen-bond acceptors (Lipinski definition) is 9. The van der Waals surface area contributed by atoms with E-state index in [1.807, 2.05) is 53.9 Å². The summed E-state index contributed by atoms with van der Waals surface area (Å²) in [5.74, 6) is -1.44. The summed E-state index contributed by atoms with van der Waals surface area (Å²) in [5.41, 5.74) is 3.84. The van der Waals surface area contributed by atoms with Crippen molar-refractivity contribution in [3.63, 3.8) is 0 Å². The lowest BCUT2D eigenvalue weighted by Gasteiger charge is -2.21. The van der Waals surface area contributed by atoms with Gasteiger partial charge in [-0.25, -0.2) is 4.98 Å². The number of halogens is 1. The first-order valence-corrected chi connectivity index (χ1v) is 14.4. The Labute approximate surface area is 242 Å². The van der Waals surface area contributed by atoms with Crippen LogP contribution in [0.1, 0.15) is 34.1 Å². The fourth-order valence-electron chi connectivity index (χ4n) is 4.67. The Balaban J connectivity index is 1.43. The summed E-state index contributed by atoms with van der Waals surface area (Å²) >= 11 is 8.90. The number of amides is 1. The van der Waals surface area contributed by atoms with Crippen LogP contribution in [-0.4, -0.2) is 41.4 Å². The minimum Gasteiger partial charge on any atom is -0.505 e. The first-order chi connectivity index (χ1) is 19.3. The van der Waals surface area contributed by atoms with Gasteiger partial charge in [0.05, 0.1) is 17.3 Å². The molecule has 40 heavy (non-hydrogen) atoms. The number of benzene rings is 1. The maximum atomic E-state index is 13.5. The number of pyridine rings is 2. The smallest absolute Gasteiger partial charge is 0.301 e. The van der Waals surface area contributed by atoms with Crippen molar-refractivity contribution in [2.24, 2.45) is 0 Å². The van der Waals surface area contributed by atoms with Crippen LogP contribution in [0.15, 0.2) is 77.0 Å². The molecule has 1 unspecified atom stereocenters. The highest BCUT2D eigenvalue weighted by molar-refractivity contribution is 8.00. The molecule has 12 heteroatoms. The Bertz CT molecular complexity index is 1820. The number of aliphatic hydroxyl groups is 1. The molecular weight excluding hydrogens is 568 g/mol. The lowest BCUT2D eigenvalue weighted by molar-refractivity contribution is -0.132. The number of rotatable bonds is 6. The van der Waals surface area contributed by atoms with Crippen LogP contribution < -0.4 is 4.90 Å². The van der Waals surface area contributed by atoms with Gasteiger partial charge in [0.25, 0.3) is 5.78 Å². The largest absolute Gasteiger partial charge is 0.505 e. The zero-order valence-electron chi connectivity index (χ0n) is 21.3. The van der Waals surface area contributed by atoms with Crippen LogP contribution in [-0.2, 0) is 15.3 Å². The second-order valence-corrected chi connectivity index (χ2v) is 11.7. The highest BCUT2D eigenvalue weighted by Crippen LogP contribution is 2.44. The number of aliphatic hydroxyl groups excluding tert-OH is 1. The van der Waals surface area contributed by atoms with E-state index in [1.54, 1.807) is 31.5 Å². The molecule has 1 fully saturated rings. The molecule has 0 radical (unpaired) electrons. The number of anilines is 1. The molecule has 1 saturated heterocycles. The molecule has 0 saturated carbocycles. The minimum absolute atomic E-state index is 0.0809. The third-order valence-electron chi connectivity index (χ3n) is 6.66. The number of aryl methyl sites for hydroxylation is 2. The second kappa shape index (κ2) is 10.5.